The van der Waals surface area contributed by atoms with Gasteiger partial charge in [-0.3, -0.25) is 10.1 Å². The van der Waals surface area contributed by atoms with Crippen LogP contribution in [0.25, 0.3) is 0 Å². The predicted octanol–water partition coefficient (Wildman–Crippen LogP) is 1.31. The predicted molar refractivity (Wildman–Crippen MR) is 75.4 cm³/mol. The first kappa shape index (κ1) is 15.6. The number of aromatic nitrogens is 1. The molecule has 3 amide bonds. The quantitative estimate of drug-likeness (QED) is 0.740. The van der Waals surface area contributed by atoms with Gasteiger partial charge in [0, 0.05) is 18.1 Å². The Bertz CT molecular complexity index is 390. The Kier molecular flexibility index (Phi) is 7.06. The molecule has 0 unspecified atom stereocenters. The molecule has 7 heteroatoms. The fourth-order valence-corrected chi connectivity index (χ4v) is 2.11. The van der Waals surface area contributed by atoms with Crippen molar-refractivity contribution < 1.29 is 9.59 Å². The van der Waals surface area contributed by atoms with Gasteiger partial charge in [-0.2, -0.15) is 0 Å². The first-order chi connectivity index (χ1) is 9.17. The van der Waals surface area contributed by atoms with E-state index in [0.717, 1.165) is 26.1 Å². The molecule has 0 saturated heterocycles. The molecule has 2 N–H and O–H groups in total. The highest BCUT2D eigenvalue weighted by atomic mass is 32.1. The summed E-state index contributed by atoms with van der Waals surface area (Å²) >= 11 is 1.20. The molecule has 0 saturated carbocycles. The largest absolute Gasteiger partial charge is 0.338 e. The second kappa shape index (κ2) is 8.60. The molecule has 1 aromatic heterocycles. The first-order valence-electron chi connectivity index (χ1n) is 6.38. The van der Waals surface area contributed by atoms with Crippen LogP contribution in [0.2, 0.25) is 0 Å². The number of amides is 3. The lowest BCUT2D eigenvalue weighted by Gasteiger charge is -2.17. The Balaban J connectivity index is 2.16. The summed E-state index contributed by atoms with van der Waals surface area (Å²) in [4.78, 5) is 29.1. The molecule has 0 atom stereocenters. The number of carbonyl (C=O) groups is 2. The minimum atomic E-state index is -0.472. The fraction of sp³-hybridized carbons (Fsp3) is 0.583. The van der Waals surface area contributed by atoms with E-state index in [0.29, 0.717) is 11.6 Å². The number of carbonyl (C=O) groups excluding carboxylic acids is 2. The number of thiazole rings is 1. The molecule has 1 aromatic rings. The topological polar surface area (TPSA) is 74.3 Å². The summed E-state index contributed by atoms with van der Waals surface area (Å²) in [6.45, 7) is 7.71. The number of urea groups is 1. The molecule has 1 heterocycles. The summed E-state index contributed by atoms with van der Waals surface area (Å²) in [6, 6.07) is -0.472. The summed E-state index contributed by atoms with van der Waals surface area (Å²) in [7, 11) is 0. The maximum atomic E-state index is 11.5. The van der Waals surface area contributed by atoms with E-state index in [1.54, 1.807) is 5.38 Å². The van der Waals surface area contributed by atoms with Crippen molar-refractivity contribution in [3.8, 4) is 0 Å². The van der Waals surface area contributed by atoms with Crippen LogP contribution in [0.4, 0.5) is 4.79 Å². The lowest BCUT2D eigenvalue weighted by Crippen LogP contribution is -2.40. The molecule has 0 aliphatic rings. The average Bonchev–Trinajstić information content (AvgIpc) is 2.93. The molecule has 0 aliphatic heterocycles. The Morgan fingerprint density at radius 1 is 1.37 bits per heavy atom. The molecular formula is C12H20N4O2S. The zero-order valence-electron chi connectivity index (χ0n) is 11.3. The Morgan fingerprint density at radius 3 is 2.68 bits per heavy atom. The Hall–Kier alpha value is -1.47. The van der Waals surface area contributed by atoms with Crippen LogP contribution in [0, 0.1) is 0 Å². The molecule has 0 bridgehead atoms. The van der Waals surface area contributed by atoms with Gasteiger partial charge in [-0.15, -0.1) is 11.3 Å². The van der Waals surface area contributed by atoms with Crippen molar-refractivity contribution in [1.29, 1.82) is 0 Å². The van der Waals surface area contributed by atoms with E-state index < -0.39 is 11.9 Å². The third-order valence-electron chi connectivity index (χ3n) is 2.68. The SMILES string of the molecule is CCN(CC)CCCNC(=O)NC(=O)c1nccs1. The van der Waals surface area contributed by atoms with Gasteiger partial charge in [-0.1, -0.05) is 13.8 Å². The van der Waals surface area contributed by atoms with E-state index in [-0.39, 0.29) is 0 Å². The van der Waals surface area contributed by atoms with Gasteiger partial charge in [0.15, 0.2) is 5.01 Å². The van der Waals surface area contributed by atoms with E-state index in [1.165, 1.54) is 17.5 Å². The van der Waals surface area contributed by atoms with Crippen LogP contribution in [0.1, 0.15) is 30.1 Å². The van der Waals surface area contributed by atoms with Crippen molar-refractivity contribution in [1.82, 2.24) is 20.5 Å². The highest BCUT2D eigenvalue weighted by Crippen LogP contribution is 2.02. The van der Waals surface area contributed by atoms with Crippen molar-refractivity contribution >= 4 is 23.3 Å². The molecule has 6 nitrogen and oxygen atoms in total. The third-order valence-corrected chi connectivity index (χ3v) is 3.46. The second-order valence-electron chi connectivity index (χ2n) is 3.93. The fourth-order valence-electron chi connectivity index (χ4n) is 1.58. The summed E-state index contributed by atoms with van der Waals surface area (Å²) < 4.78 is 0. The normalized spacial score (nSPS) is 10.5. The van der Waals surface area contributed by atoms with E-state index >= 15 is 0 Å². The van der Waals surface area contributed by atoms with Gasteiger partial charge < -0.3 is 10.2 Å². The van der Waals surface area contributed by atoms with E-state index in [4.69, 9.17) is 0 Å². The molecule has 0 spiro atoms. The van der Waals surface area contributed by atoms with E-state index in [1.807, 2.05) is 0 Å². The lowest BCUT2D eigenvalue weighted by molar-refractivity contribution is 0.0963. The van der Waals surface area contributed by atoms with Crippen LogP contribution in [-0.2, 0) is 0 Å². The lowest BCUT2D eigenvalue weighted by atomic mass is 10.3. The van der Waals surface area contributed by atoms with Crippen molar-refractivity contribution in [3.63, 3.8) is 0 Å². The molecule has 1 rings (SSSR count). The van der Waals surface area contributed by atoms with Crippen molar-refractivity contribution in [2.75, 3.05) is 26.2 Å². The second-order valence-corrected chi connectivity index (χ2v) is 4.82. The van der Waals surface area contributed by atoms with Crippen molar-refractivity contribution in [2.24, 2.45) is 0 Å². The van der Waals surface area contributed by atoms with Gasteiger partial charge >= 0.3 is 6.03 Å². The summed E-state index contributed by atoms with van der Waals surface area (Å²) in [5, 5.41) is 6.88. The highest BCUT2D eigenvalue weighted by Gasteiger charge is 2.11. The molecule has 19 heavy (non-hydrogen) atoms. The monoisotopic (exact) mass is 284 g/mol. The highest BCUT2D eigenvalue weighted by molar-refractivity contribution is 7.11. The van der Waals surface area contributed by atoms with Crippen molar-refractivity contribution in [2.45, 2.75) is 20.3 Å². The van der Waals surface area contributed by atoms with Gasteiger partial charge in [0.2, 0.25) is 0 Å². The van der Waals surface area contributed by atoms with Gasteiger partial charge in [-0.05, 0) is 26.1 Å². The van der Waals surface area contributed by atoms with Crippen LogP contribution in [-0.4, -0.2) is 48.0 Å². The number of hydrogen-bond acceptors (Lipinski definition) is 5. The molecule has 0 aliphatic carbocycles. The van der Waals surface area contributed by atoms with E-state index in [2.05, 4.69) is 34.4 Å². The zero-order valence-corrected chi connectivity index (χ0v) is 12.1. The van der Waals surface area contributed by atoms with Gasteiger partial charge in [0.05, 0.1) is 0 Å². The van der Waals surface area contributed by atoms with Gasteiger partial charge in [0.25, 0.3) is 5.91 Å². The smallest absolute Gasteiger partial charge is 0.321 e. The molecule has 0 fully saturated rings. The number of nitrogens with zero attached hydrogens (tertiary/aromatic N) is 2. The van der Waals surface area contributed by atoms with Crippen LogP contribution < -0.4 is 10.6 Å². The summed E-state index contributed by atoms with van der Waals surface area (Å²) in [5.74, 6) is -0.462. The number of rotatable bonds is 7. The number of nitrogens with one attached hydrogen (secondary N) is 2. The maximum Gasteiger partial charge on any atom is 0.321 e. The number of hydrogen-bond donors (Lipinski definition) is 2. The van der Waals surface area contributed by atoms with Gasteiger partial charge in [0.1, 0.15) is 0 Å². The van der Waals surface area contributed by atoms with Crippen LogP contribution in [0.15, 0.2) is 11.6 Å². The van der Waals surface area contributed by atoms with Crippen LogP contribution >= 0.6 is 11.3 Å². The minimum Gasteiger partial charge on any atom is -0.338 e. The third kappa shape index (κ3) is 5.80. The molecule has 0 aromatic carbocycles. The number of imide groups is 1. The molecular weight excluding hydrogens is 264 g/mol. The van der Waals surface area contributed by atoms with Gasteiger partial charge in [-0.25, -0.2) is 9.78 Å². The molecule has 106 valence electrons. The zero-order chi connectivity index (χ0) is 14.1. The summed E-state index contributed by atoms with van der Waals surface area (Å²) in [5.41, 5.74) is 0. The van der Waals surface area contributed by atoms with Crippen LogP contribution in [0.5, 0.6) is 0 Å². The standard InChI is InChI=1S/C12H20N4O2S/c1-3-16(4-2)8-5-6-14-12(18)15-10(17)11-13-7-9-19-11/h7,9H,3-6,8H2,1-2H3,(H2,14,15,17,18). The maximum absolute atomic E-state index is 11.5. The minimum absolute atomic E-state index is 0.290. The molecule has 0 radical (unpaired) electrons. The first-order valence-corrected chi connectivity index (χ1v) is 7.26. The van der Waals surface area contributed by atoms with Crippen LogP contribution in [0.3, 0.4) is 0 Å². The van der Waals surface area contributed by atoms with Crippen molar-refractivity contribution in [3.05, 3.63) is 16.6 Å². The Morgan fingerprint density at radius 2 is 2.11 bits per heavy atom. The van der Waals surface area contributed by atoms with E-state index in [9.17, 15) is 9.59 Å². The average molecular weight is 284 g/mol. The summed E-state index contributed by atoms with van der Waals surface area (Å²) in [6.07, 6.45) is 2.39. The Labute approximate surface area is 117 Å².